The van der Waals surface area contributed by atoms with Gasteiger partial charge in [0.05, 0.1) is 18.2 Å². The van der Waals surface area contributed by atoms with Crippen LogP contribution in [0.5, 0.6) is 0 Å². The van der Waals surface area contributed by atoms with Crippen molar-refractivity contribution in [2.75, 3.05) is 13.2 Å². The van der Waals surface area contributed by atoms with Gasteiger partial charge in [-0.3, -0.25) is 0 Å². The lowest BCUT2D eigenvalue weighted by Crippen LogP contribution is -2.53. The van der Waals surface area contributed by atoms with Gasteiger partial charge in [-0.2, -0.15) is 0 Å². The molecular weight excluding hydrogens is 214 g/mol. The molecule has 3 nitrogen and oxygen atoms in total. The normalized spacial score (nSPS) is 25.9. The van der Waals surface area contributed by atoms with E-state index in [1.165, 1.54) is 19.3 Å². The van der Waals surface area contributed by atoms with E-state index >= 15 is 0 Å². The van der Waals surface area contributed by atoms with E-state index in [1.807, 2.05) is 0 Å². The highest BCUT2D eigenvalue weighted by atomic mass is 16.5. The van der Waals surface area contributed by atoms with E-state index in [4.69, 9.17) is 15.2 Å². The van der Waals surface area contributed by atoms with E-state index < -0.39 is 0 Å². The van der Waals surface area contributed by atoms with Gasteiger partial charge in [0.2, 0.25) is 0 Å². The molecule has 2 aliphatic rings. The highest BCUT2D eigenvalue weighted by Gasteiger charge is 2.41. The molecule has 2 N–H and O–H groups in total. The summed E-state index contributed by atoms with van der Waals surface area (Å²) in [7, 11) is 0. The van der Waals surface area contributed by atoms with Crippen molar-refractivity contribution in [2.24, 2.45) is 5.73 Å². The fraction of sp³-hybridized carbons (Fsp3) is 0.857. The van der Waals surface area contributed by atoms with Crippen LogP contribution in [-0.4, -0.2) is 24.9 Å². The summed E-state index contributed by atoms with van der Waals surface area (Å²) in [6.45, 7) is 3.60. The van der Waals surface area contributed by atoms with Gasteiger partial charge in [0, 0.05) is 6.61 Å². The molecule has 1 aliphatic heterocycles. The van der Waals surface area contributed by atoms with Crippen molar-refractivity contribution in [3.8, 4) is 0 Å². The molecule has 0 bridgehead atoms. The highest BCUT2D eigenvalue weighted by molar-refractivity contribution is 5.13. The molecule has 0 aromatic rings. The first kappa shape index (κ1) is 12.9. The van der Waals surface area contributed by atoms with E-state index in [0.717, 1.165) is 44.7 Å². The van der Waals surface area contributed by atoms with E-state index in [1.54, 1.807) is 0 Å². The smallest absolute Gasteiger partial charge is 0.112 e. The molecule has 0 spiro atoms. The first-order chi connectivity index (χ1) is 8.28. The predicted octanol–water partition coefficient (Wildman–Crippen LogP) is 2.75. The van der Waals surface area contributed by atoms with Crippen molar-refractivity contribution in [1.82, 2.24) is 0 Å². The molecule has 98 valence electrons. The van der Waals surface area contributed by atoms with Crippen LogP contribution in [-0.2, 0) is 9.47 Å². The van der Waals surface area contributed by atoms with Crippen LogP contribution in [0.3, 0.4) is 0 Å². The van der Waals surface area contributed by atoms with E-state index in [9.17, 15) is 0 Å². The Balaban J connectivity index is 2.10. The lowest BCUT2D eigenvalue weighted by molar-refractivity contribution is -0.0844. The average Bonchev–Trinajstić information content (AvgIpc) is 2.40. The van der Waals surface area contributed by atoms with Crippen molar-refractivity contribution >= 4 is 0 Å². The van der Waals surface area contributed by atoms with Crippen LogP contribution in [0, 0.1) is 0 Å². The molecule has 1 fully saturated rings. The standard InChI is InChI=1S/C14H25NO2/c1-2-17-14(9-5-3-6-10-14)13(15)12-8-4-7-11-16-12/h8,13H,2-7,9-11,15H2,1H3. The molecule has 0 amide bonds. The summed E-state index contributed by atoms with van der Waals surface area (Å²) < 4.78 is 11.8. The molecule has 1 atom stereocenters. The van der Waals surface area contributed by atoms with Gasteiger partial charge in [-0.15, -0.1) is 0 Å². The molecule has 1 aliphatic carbocycles. The van der Waals surface area contributed by atoms with Crippen LogP contribution in [0.4, 0.5) is 0 Å². The van der Waals surface area contributed by atoms with Crippen LogP contribution in [0.25, 0.3) is 0 Å². The van der Waals surface area contributed by atoms with Gasteiger partial charge in [-0.25, -0.2) is 0 Å². The first-order valence-electron chi connectivity index (χ1n) is 7.01. The SMILES string of the molecule is CCOC1(C(N)C2=CCCCO2)CCCCC1. The van der Waals surface area contributed by atoms with Gasteiger partial charge in [0.15, 0.2) is 0 Å². The summed E-state index contributed by atoms with van der Waals surface area (Å²) in [6, 6.07) is -0.0805. The fourth-order valence-electron chi connectivity index (χ4n) is 3.04. The summed E-state index contributed by atoms with van der Waals surface area (Å²) in [5, 5.41) is 0. The fourth-order valence-corrected chi connectivity index (χ4v) is 3.04. The Morgan fingerprint density at radius 3 is 2.71 bits per heavy atom. The zero-order valence-electron chi connectivity index (χ0n) is 10.9. The van der Waals surface area contributed by atoms with Gasteiger partial charge in [0.1, 0.15) is 5.76 Å². The minimum atomic E-state index is -0.170. The molecule has 0 aromatic carbocycles. The Labute approximate surface area is 104 Å². The second-order valence-electron chi connectivity index (χ2n) is 5.13. The van der Waals surface area contributed by atoms with Crippen LogP contribution < -0.4 is 5.73 Å². The first-order valence-corrected chi connectivity index (χ1v) is 7.01. The summed E-state index contributed by atoms with van der Waals surface area (Å²) in [6.07, 6.45) is 10.3. The van der Waals surface area contributed by atoms with Gasteiger partial charge in [-0.05, 0) is 38.7 Å². The highest BCUT2D eigenvalue weighted by Crippen LogP contribution is 2.37. The third-order valence-corrected chi connectivity index (χ3v) is 3.97. The van der Waals surface area contributed by atoms with E-state index in [0.29, 0.717) is 0 Å². The van der Waals surface area contributed by atoms with E-state index in [-0.39, 0.29) is 11.6 Å². The summed E-state index contributed by atoms with van der Waals surface area (Å²) in [5.74, 6) is 0.964. The maximum Gasteiger partial charge on any atom is 0.112 e. The molecule has 17 heavy (non-hydrogen) atoms. The maximum absolute atomic E-state index is 6.43. The minimum Gasteiger partial charge on any atom is -0.496 e. The Morgan fingerprint density at radius 1 is 1.35 bits per heavy atom. The molecule has 1 heterocycles. The predicted molar refractivity (Wildman–Crippen MR) is 68.7 cm³/mol. The van der Waals surface area contributed by atoms with Crippen molar-refractivity contribution in [3.63, 3.8) is 0 Å². The van der Waals surface area contributed by atoms with Crippen molar-refractivity contribution in [3.05, 3.63) is 11.8 Å². The van der Waals surface area contributed by atoms with Crippen LogP contribution in [0.2, 0.25) is 0 Å². The number of allylic oxidation sites excluding steroid dienone is 1. The minimum absolute atomic E-state index is 0.0805. The van der Waals surface area contributed by atoms with Crippen LogP contribution >= 0.6 is 0 Å². The molecule has 1 saturated carbocycles. The van der Waals surface area contributed by atoms with Crippen molar-refractivity contribution in [1.29, 1.82) is 0 Å². The Morgan fingerprint density at radius 2 is 2.12 bits per heavy atom. The van der Waals surface area contributed by atoms with Crippen molar-refractivity contribution in [2.45, 2.75) is 63.5 Å². The van der Waals surface area contributed by atoms with E-state index in [2.05, 4.69) is 13.0 Å². The zero-order valence-corrected chi connectivity index (χ0v) is 10.9. The number of ether oxygens (including phenoxy) is 2. The second kappa shape index (κ2) is 5.87. The zero-order chi connectivity index (χ0) is 12.1. The molecule has 0 radical (unpaired) electrons. The molecule has 0 aromatic heterocycles. The number of nitrogens with two attached hydrogens (primary N) is 1. The molecular formula is C14H25NO2. The Kier molecular flexibility index (Phi) is 4.46. The van der Waals surface area contributed by atoms with Crippen LogP contribution in [0.15, 0.2) is 11.8 Å². The molecule has 3 heteroatoms. The van der Waals surface area contributed by atoms with Gasteiger partial charge >= 0.3 is 0 Å². The van der Waals surface area contributed by atoms with Gasteiger partial charge < -0.3 is 15.2 Å². The third-order valence-electron chi connectivity index (χ3n) is 3.97. The number of hydrogen-bond acceptors (Lipinski definition) is 3. The van der Waals surface area contributed by atoms with Crippen LogP contribution in [0.1, 0.15) is 51.9 Å². The third kappa shape index (κ3) is 2.83. The largest absolute Gasteiger partial charge is 0.496 e. The van der Waals surface area contributed by atoms with Gasteiger partial charge in [0.25, 0.3) is 0 Å². The molecule has 2 rings (SSSR count). The topological polar surface area (TPSA) is 44.5 Å². The monoisotopic (exact) mass is 239 g/mol. The Bertz CT molecular complexity index is 264. The summed E-state index contributed by atoms with van der Waals surface area (Å²) in [4.78, 5) is 0. The lowest BCUT2D eigenvalue weighted by Gasteiger charge is -2.42. The van der Waals surface area contributed by atoms with Crippen molar-refractivity contribution < 1.29 is 9.47 Å². The average molecular weight is 239 g/mol. The van der Waals surface area contributed by atoms with Gasteiger partial charge in [-0.1, -0.05) is 19.3 Å². The lowest BCUT2D eigenvalue weighted by atomic mass is 9.78. The maximum atomic E-state index is 6.43. The summed E-state index contributed by atoms with van der Waals surface area (Å²) >= 11 is 0. The quantitative estimate of drug-likeness (QED) is 0.820. The Hall–Kier alpha value is -0.540. The molecule has 1 unspecified atom stereocenters. The molecule has 0 saturated heterocycles. The number of rotatable bonds is 4. The summed E-state index contributed by atoms with van der Waals surface area (Å²) in [5.41, 5.74) is 6.26. The number of hydrogen-bond donors (Lipinski definition) is 1. The second-order valence-corrected chi connectivity index (χ2v) is 5.13.